The fraction of sp³-hybridized carbons (Fsp3) is 0.357. The minimum absolute atomic E-state index is 0.0884. The third kappa shape index (κ3) is 2.10. The summed E-state index contributed by atoms with van der Waals surface area (Å²) in [5.41, 5.74) is 7.00. The average molecular weight is 261 g/mol. The second kappa shape index (κ2) is 4.35. The summed E-state index contributed by atoms with van der Waals surface area (Å²) in [5, 5.41) is 13.1. The molecule has 1 aromatic carbocycles. The van der Waals surface area contributed by atoms with Crippen molar-refractivity contribution in [3.8, 4) is 0 Å². The van der Waals surface area contributed by atoms with E-state index in [9.17, 15) is 9.50 Å². The smallest absolute Gasteiger partial charge is 0.150 e. The maximum absolute atomic E-state index is 14.0. The van der Waals surface area contributed by atoms with Gasteiger partial charge in [0.15, 0.2) is 5.82 Å². The molecule has 0 radical (unpaired) electrons. The molecule has 0 amide bonds. The van der Waals surface area contributed by atoms with E-state index in [1.54, 1.807) is 12.3 Å². The van der Waals surface area contributed by atoms with E-state index < -0.39 is 5.82 Å². The topological polar surface area (TPSA) is 71.2 Å². The van der Waals surface area contributed by atoms with Crippen molar-refractivity contribution >= 4 is 22.3 Å². The number of hydrogen-bond acceptors (Lipinski definition) is 4. The van der Waals surface area contributed by atoms with Gasteiger partial charge in [0.2, 0.25) is 0 Å². The summed E-state index contributed by atoms with van der Waals surface area (Å²) in [4.78, 5) is 4.20. The van der Waals surface area contributed by atoms with Gasteiger partial charge in [0.25, 0.3) is 0 Å². The molecule has 0 spiro atoms. The van der Waals surface area contributed by atoms with E-state index >= 15 is 0 Å². The number of aliphatic hydroxyl groups excluding tert-OH is 1. The van der Waals surface area contributed by atoms with Crippen molar-refractivity contribution in [1.82, 2.24) is 4.98 Å². The summed E-state index contributed by atoms with van der Waals surface area (Å²) in [5.74, 6) is -0.405. The van der Waals surface area contributed by atoms with E-state index in [-0.39, 0.29) is 12.0 Å². The van der Waals surface area contributed by atoms with Gasteiger partial charge in [0, 0.05) is 29.2 Å². The number of nitrogens with two attached hydrogens (primary N) is 1. The number of nitrogens with zero attached hydrogens (tertiary/aromatic N) is 1. The quantitative estimate of drug-likeness (QED) is 0.737. The van der Waals surface area contributed by atoms with Gasteiger partial charge in [0.05, 0.1) is 17.8 Å². The number of aromatic nitrogens is 1. The monoisotopic (exact) mass is 261 g/mol. The lowest BCUT2D eigenvalue weighted by Crippen LogP contribution is -2.20. The number of rotatable bonds is 4. The summed E-state index contributed by atoms with van der Waals surface area (Å²) in [6.07, 6.45) is 3.56. The molecule has 1 saturated carbocycles. The molecule has 4 nitrogen and oxygen atoms in total. The van der Waals surface area contributed by atoms with E-state index in [0.717, 1.165) is 18.2 Å². The number of nitrogens with one attached hydrogen (secondary N) is 1. The Morgan fingerprint density at radius 2 is 2.26 bits per heavy atom. The van der Waals surface area contributed by atoms with Crippen molar-refractivity contribution in [2.75, 3.05) is 24.2 Å². The molecule has 0 bridgehead atoms. The Bertz CT molecular complexity index is 625. The normalized spacial score (nSPS) is 16.5. The Morgan fingerprint density at radius 1 is 1.47 bits per heavy atom. The van der Waals surface area contributed by atoms with E-state index in [0.29, 0.717) is 23.4 Å². The molecule has 3 rings (SSSR count). The van der Waals surface area contributed by atoms with Crippen molar-refractivity contribution in [1.29, 1.82) is 0 Å². The largest absolute Gasteiger partial charge is 0.398 e. The predicted octanol–water partition coefficient (Wildman–Crippen LogP) is 2.14. The predicted molar refractivity (Wildman–Crippen MR) is 73.4 cm³/mol. The molecule has 5 heteroatoms. The highest BCUT2D eigenvalue weighted by Gasteiger charge is 2.41. The Morgan fingerprint density at radius 3 is 2.95 bits per heavy atom. The van der Waals surface area contributed by atoms with Crippen molar-refractivity contribution in [3.05, 3.63) is 30.2 Å². The maximum Gasteiger partial charge on any atom is 0.150 e. The van der Waals surface area contributed by atoms with Gasteiger partial charge in [-0.3, -0.25) is 4.98 Å². The van der Waals surface area contributed by atoms with Crippen LogP contribution in [0.3, 0.4) is 0 Å². The molecule has 2 aromatic rings. The van der Waals surface area contributed by atoms with Gasteiger partial charge in [-0.1, -0.05) is 0 Å². The molecule has 1 aliphatic rings. The molecule has 100 valence electrons. The first-order valence-electron chi connectivity index (χ1n) is 6.33. The van der Waals surface area contributed by atoms with Crippen LogP contribution in [0.1, 0.15) is 12.8 Å². The molecule has 1 fully saturated rings. The first-order valence-corrected chi connectivity index (χ1v) is 6.33. The zero-order valence-corrected chi connectivity index (χ0v) is 10.5. The molecule has 0 atom stereocenters. The average Bonchev–Trinajstić information content (AvgIpc) is 3.19. The standard InChI is InChI=1S/C14H16FN3O/c15-10-6-11(16)9-2-1-5-17-12(9)13(10)18-7-14(8-19)3-4-14/h1-2,5-6,18-19H,3-4,7-8,16H2. The van der Waals surface area contributed by atoms with Crippen LogP contribution in [0.15, 0.2) is 24.4 Å². The third-order valence-corrected chi connectivity index (χ3v) is 3.81. The Hall–Kier alpha value is -1.88. The molecule has 0 aliphatic heterocycles. The highest BCUT2D eigenvalue weighted by atomic mass is 19.1. The van der Waals surface area contributed by atoms with Crippen LogP contribution in [0.25, 0.3) is 10.9 Å². The van der Waals surface area contributed by atoms with Crippen molar-refractivity contribution in [3.63, 3.8) is 0 Å². The van der Waals surface area contributed by atoms with Gasteiger partial charge in [-0.15, -0.1) is 0 Å². The molecule has 19 heavy (non-hydrogen) atoms. The molecular formula is C14H16FN3O. The van der Waals surface area contributed by atoms with Gasteiger partial charge < -0.3 is 16.2 Å². The lowest BCUT2D eigenvalue weighted by Gasteiger charge is -2.16. The summed E-state index contributed by atoms with van der Waals surface area (Å²) < 4.78 is 14.0. The van der Waals surface area contributed by atoms with Crippen LogP contribution in [0.5, 0.6) is 0 Å². The van der Waals surface area contributed by atoms with Gasteiger partial charge in [-0.05, 0) is 31.0 Å². The van der Waals surface area contributed by atoms with E-state index in [4.69, 9.17) is 5.73 Å². The summed E-state index contributed by atoms with van der Waals surface area (Å²) >= 11 is 0. The highest BCUT2D eigenvalue weighted by Crippen LogP contribution is 2.45. The van der Waals surface area contributed by atoms with Crippen LogP contribution in [0.2, 0.25) is 0 Å². The molecule has 1 aromatic heterocycles. The van der Waals surface area contributed by atoms with E-state index in [2.05, 4.69) is 10.3 Å². The third-order valence-electron chi connectivity index (χ3n) is 3.81. The second-order valence-electron chi connectivity index (χ2n) is 5.23. The summed E-state index contributed by atoms with van der Waals surface area (Å²) in [6.45, 7) is 0.679. The van der Waals surface area contributed by atoms with Crippen LogP contribution < -0.4 is 11.1 Å². The van der Waals surface area contributed by atoms with E-state index in [1.807, 2.05) is 6.07 Å². The van der Waals surface area contributed by atoms with Crippen LogP contribution in [-0.2, 0) is 0 Å². The van der Waals surface area contributed by atoms with Gasteiger partial charge in [0.1, 0.15) is 0 Å². The molecule has 1 aliphatic carbocycles. The van der Waals surface area contributed by atoms with Crippen LogP contribution >= 0.6 is 0 Å². The molecule has 0 unspecified atom stereocenters. The maximum atomic E-state index is 14.0. The number of benzene rings is 1. The first-order chi connectivity index (χ1) is 9.15. The number of hydrogen-bond donors (Lipinski definition) is 3. The first kappa shape index (κ1) is 12.2. The Balaban J connectivity index is 1.98. The number of aliphatic hydroxyl groups is 1. The summed E-state index contributed by atoms with van der Waals surface area (Å²) in [6, 6.07) is 4.91. The van der Waals surface area contributed by atoms with Crippen molar-refractivity contribution in [2.45, 2.75) is 12.8 Å². The molecule has 0 saturated heterocycles. The van der Waals surface area contributed by atoms with Gasteiger partial charge in [-0.2, -0.15) is 0 Å². The molecule has 1 heterocycles. The van der Waals surface area contributed by atoms with Crippen molar-refractivity contribution < 1.29 is 9.50 Å². The number of fused-ring (bicyclic) bond motifs is 1. The number of halogens is 1. The SMILES string of the molecule is Nc1cc(F)c(NCC2(CO)CC2)c2ncccc12. The number of pyridine rings is 1. The fourth-order valence-corrected chi connectivity index (χ4v) is 2.25. The summed E-state index contributed by atoms with van der Waals surface area (Å²) in [7, 11) is 0. The van der Waals surface area contributed by atoms with Crippen LogP contribution in [0.4, 0.5) is 15.8 Å². The highest BCUT2D eigenvalue weighted by molar-refractivity contribution is 5.98. The molecular weight excluding hydrogens is 245 g/mol. The molecule has 4 N–H and O–H groups in total. The second-order valence-corrected chi connectivity index (χ2v) is 5.23. The zero-order valence-electron chi connectivity index (χ0n) is 10.5. The lowest BCUT2D eigenvalue weighted by molar-refractivity contribution is 0.219. The number of anilines is 2. The van der Waals surface area contributed by atoms with Crippen molar-refractivity contribution in [2.24, 2.45) is 5.41 Å². The Labute approximate surface area is 110 Å². The van der Waals surface area contributed by atoms with Gasteiger partial charge >= 0.3 is 0 Å². The lowest BCUT2D eigenvalue weighted by atomic mass is 10.1. The van der Waals surface area contributed by atoms with Gasteiger partial charge in [-0.25, -0.2) is 4.39 Å². The Kier molecular flexibility index (Phi) is 2.78. The van der Waals surface area contributed by atoms with Crippen LogP contribution in [-0.4, -0.2) is 23.2 Å². The fourth-order valence-electron chi connectivity index (χ4n) is 2.25. The van der Waals surface area contributed by atoms with Crippen LogP contribution in [0, 0.1) is 11.2 Å². The number of nitrogen functional groups attached to an aromatic ring is 1. The minimum atomic E-state index is -0.405. The minimum Gasteiger partial charge on any atom is -0.398 e. The van der Waals surface area contributed by atoms with E-state index in [1.165, 1.54) is 6.07 Å². The zero-order chi connectivity index (χ0) is 13.5.